The van der Waals surface area contributed by atoms with Crippen LogP contribution >= 0.6 is 0 Å². The van der Waals surface area contributed by atoms with E-state index in [9.17, 15) is 5.11 Å². The third-order valence-corrected chi connectivity index (χ3v) is 6.39. The van der Waals surface area contributed by atoms with Crippen molar-refractivity contribution < 1.29 is 9.84 Å². The number of hydrogen-bond donors (Lipinski definition) is 2. The summed E-state index contributed by atoms with van der Waals surface area (Å²) in [6.45, 7) is 0. The molecule has 0 amide bonds. The van der Waals surface area contributed by atoms with Crippen molar-refractivity contribution in [2.24, 2.45) is 5.73 Å². The highest BCUT2D eigenvalue weighted by Crippen LogP contribution is 2.36. The Morgan fingerprint density at radius 1 is 1.11 bits per heavy atom. The number of para-hydroxylation sites is 1. The Labute approximate surface area is 167 Å². The molecule has 2 saturated carbocycles. The Morgan fingerprint density at radius 2 is 1.86 bits per heavy atom. The minimum atomic E-state index is -0.334. The molecule has 6 heteroatoms. The molecule has 28 heavy (non-hydrogen) atoms. The molecule has 4 rings (SSSR count). The maximum absolute atomic E-state index is 10.6. The monoisotopic (exact) mass is 384 g/mol. The average Bonchev–Trinajstić information content (AvgIpc) is 3.13. The summed E-state index contributed by atoms with van der Waals surface area (Å²) in [4.78, 5) is 4.98. The molecule has 2 atom stereocenters. The lowest BCUT2D eigenvalue weighted by molar-refractivity contribution is 0.0664. The van der Waals surface area contributed by atoms with Gasteiger partial charge in [0.1, 0.15) is 11.6 Å². The number of nitrogens with two attached hydrogens (primary N) is 1. The summed E-state index contributed by atoms with van der Waals surface area (Å²) in [6, 6.07) is 8.38. The number of rotatable bonds is 5. The van der Waals surface area contributed by atoms with E-state index >= 15 is 0 Å². The van der Waals surface area contributed by atoms with Gasteiger partial charge in [0, 0.05) is 23.9 Å². The van der Waals surface area contributed by atoms with Gasteiger partial charge in [-0.05, 0) is 44.6 Å². The predicted molar refractivity (Wildman–Crippen MR) is 109 cm³/mol. The zero-order valence-electron chi connectivity index (χ0n) is 16.8. The Morgan fingerprint density at radius 3 is 2.61 bits per heavy atom. The van der Waals surface area contributed by atoms with E-state index in [2.05, 4.69) is 10.7 Å². The second kappa shape index (κ2) is 8.62. The van der Waals surface area contributed by atoms with E-state index < -0.39 is 0 Å². The van der Waals surface area contributed by atoms with Crippen LogP contribution in [-0.4, -0.2) is 39.1 Å². The van der Waals surface area contributed by atoms with Gasteiger partial charge in [-0.15, -0.1) is 0 Å². The molecule has 2 aromatic rings. The van der Waals surface area contributed by atoms with E-state index in [4.69, 9.17) is 20.6 Å². The van der Waals surface area contributed by atoms with E-state index in [1.807, 2.05) is 18.2 Å². The summed E-state index contributed by atoms with van der Waals surface area (Å²) >= 11 is 0. The van der Waals surface area contributed by atoms with Crippen molar-refractivity contribution in [3.05, 3.63) is 41.5 Å². The van der Waals surface area contributed by atoms with Gasteiger partial charge >= 0.3 is 0 Å². The lowest BCUT2D eigenvalue weighted by Crippen LogP contribution is -2.32. The molecule has 1 heterocycles. The van der Waals surface area contributed by atoms with E-state index in [1.165, 1.54) is 0 Å². The normalized spacial score (nSPS) is 28.2. The first-order valence-electron chi connectivity index (χ1n) is 10.7. The third kappa shape index (κ3) is 4.08. The maximum Gasteiger partial charge on any atom is 0.155 e. The Hall–Kier alpha value is -1.92. The summed E-state index contributed by atoms with van der Waals surface area (Å²) in [7, 11) is 1.69. The van der Waals surface area contributed by atoms with Crippen LogP contribution in [0.5, 0.6) is 5.75 Å². The fourth-order valence-electron chi connectivity index (χ4n) is 4.75. The molecule has 2 fully saturated rings. The zero-order valence-corrected chi connectivity index (χ0v) is 16.8. The lowest BCUT2D eigenvalue weighted by Gasteiger charge is -2.31. The number of benzene rings is 1. The number of nitrogens with zero attached hydrogens (tertiary/aromatic N) is 3. The van der Waals surface area contributed by atoms with Gasteiger partial charge in [-0.25, -0.2) is 9.67 Å². The van der Waals surface area contributed by atoms with Crippen molar-refractivity contribution in [3.8, 4) is 5.75 Å². The van der Waals surface area contributed by atoms with Crippen LogP contribution in [-0.2, 0) is 6.42 Å². The molecule has 2 aliphatic carbocycles. The number of ether oxygens (including phenoxy) is 1. The molecule has 0 spiro atoms. The second-order valence-corrected chi connectivity index (χ2v) is 8.35. The van der Waals surface area contributed by atoms with E-state index in [-0.39, 0.29) is 12.1 Å². The molecular formula is C22H32N4O2. The minimum absolute atomic E-state index is 0.0401. The second-order valence-electron chi connectivity index (χ2n) is 8.35. The topological polar surface area (TPSA) is 86.2 Å². The molecule has 3 N–H and O–H groups in total. The van der Waals surface area contributed by atoms with Gasteiger partial charge in [-0.2, -0.15) is 5.10 Å². The number of aromatic nitrogens is 3. The van der Waals surface area contributed by atoms with Crippen molar-refractivity contribution in [2.75, 3.05) is 7.11 Å². The van der Waals surface area contributed by atoms with E-state index in [0.29, 0.717) is 18.4 Å². The lowest BCUT2D eigenvalue weighted by atomic mass is 9.85. The minimum Gasteiger partial charge on any atom is -0.496 e. The first-order chi connectivity index (χ1) is 13.7. The molecule has 1 aromatic carbocycles. The van der Waals surface area contributed by atoms with Crippen LogP contribution in [0.4, 0.5) is 0 Å². The standard InChI is InChI=1S/C22H32N4O2/c1-28-20-9-5-2-6-16(20)14-21-24-22(15-10-12-17(23)13-11-15)26(25-21)18-7-3-4-8-19(18)27/h2,5-6,9,15,17-19,27H,3-4,7-8,10-14,23H2,1H3/t15?,17?,18-,19-/m1/s1. The number of aliphatic hydroxyl groups excluding tert-OH is 1. The summed E-state index contributed by atoms with van der Waals surface area (Å²) in [5.41, 5.74) is 7.21. The van der Waals surface area contributed by atoms with Gasteiger partial charge in [0.15, 0.2) is 5.82 Å². The summed E-state index contributed by atoms with van der Waals surface area (Å²) in [5.74, 6) is 3.10. The summed E-state index contributed by atoms with van der Waals surface area (Å²) < 4.78 is 7.57. The Kier molecular flexibility index (Phi) is 5.97. The molecule has 0 saturated heterocycles. The molecule has 0 unspecified atom stereocenters. The highest BCUT2D eigenvalue weighted by Gasteiger charge is 2.32. The fraction of sp³-hybridized carbons (Fsp3) is 0.636. The van der Waals surface area contributed by atoms with Gasteiger partial charge in [0.25, 0.3) is 0 Å². The molecule has 1 aromatic heterocycles. The molecule has 0 bridgehead atoms. The van der Waals surface area contributed by atoms with Crippen molar-refractivity contribution in [1.29, 1.82) is 0 Å². The van der Waals surface area contributed by atoms with Crippen LogP contribution in [0.2, 0.25) is 0 Å². The Balaban J connectivity index is 1.65. The van der Waals surface area contributed by atoms with Crippen molar-refractivity contribution in [3.63, 3.8) is 0 Å². The van der Waals surface area contributed by atoms with Crippen LogP contribution in [0.3, 0.4) is 0 Å². The third-order valence-electron chi connectivity index (χ3n) is 6.39. The van der Waals surface area contributed by atoms with Gasteiger partial charge in [-0.3, -0.25) is 0 Å². The summed E-state index contributed by atoms with van der Waals surface area (Å²) in [6.07, 6.45) is 8.52. The van der Waals surface area contributed by atoms with Crippen LogP contribution in [0.1, 0.15) is 80.5 Å². The van der Waals surface area contributed by atoms with Crippen LogP contribution in [0, 0.1) is 0 Å². The SMILES string of the molecule is COc1ccccc1Cc1nc(C2CCC(N)CC2)n([C@@H]2CCCC[C@H]2O)n1. The number of aliphatic hydroxyl groups is 1. The zero-order chi connectivity index (χ0) is 19.5. The number of hydrogen-bond acceptors (Lipinski definition) is 5. The molecular weight excluding hydrogens is 352 g/mol. The largest absolute Gasteiger partial charge is 0.496 e. The van der Waals surface area contributed by atoms with Crippen LogP contribution in [0.25, 0.3) is 0 Å². The number of methoxy groups -OCH3 is 1. The van der Waals surface area contributed by atoms with Crippen molar-refractivity contribution in [2.45, 2.75) is 81.9 Å². The van der Waals surface area contributed by atoms with Gasteiger partial charge in [-0.1, -0.05) is 31.0 Å². The highest BCUT2D eigenvalue weighted by molar-refractivity contribution is 5.35. The van der Waals surface area contributed by atoms with Gasteiger partial charge < -0.3 is 15.6 Å². The van der Waals surface area contributed by atoms with Crippen molar-refractivity contribution >= 4 is 0 Å². The van der Waals surface area contributed by atoms with Gasteiger partial charge in [0.05, 0.1) is 19.3 Å². The quantitative estimate of drug-likeness (QED) is 0.826. The first kappa shape index (κ1) is 19.4. The Bertz CT molecular complexity index is 783. The van der Waals surface area contributed by atoms with E-state index in [1.54, 1.807) is 7.11 Å². The molecule has 2 aliphatic rings. The smallest absolute Gasteiger partial charge is 0.155 e. The van der Waals surface area contributed by atoms with E-state index in [0.717, 1.165) is 74.3 Å². The highest BCUT2D eigenvalue weighted by atomic mass is 16.5. The van der Waals surface area contributed by atoms with Crippen molar-refractivity contribution in [1.82, 2.24) is 14.8 Å². The molecule has 0 radical (unpaired) electrons. The molecule has 6 nitrogen and oxygen atoms in total. The van der Waals surface area contributed by atoms with Crippen LogP contribution < -0.4 is 10.5 Å². The maximum atomic E-state index is 10.6. The fourth-order valence-corrected chi connectivity index (χ4v) is 4.75. The van der Waals surface area contributed by atoms with Gasteiger partial charge in [0.2, 0.25) is 0 Å². The molecule has 152 valence electrons. The first-order valence-corrected chi connectivity index (χ1v) is 10.7. The summed E-state index contributed by atoms with van der Waals surface area (Å²) in [5, 5.41) is 15.5. The average molecular weight is 385 g/mol. The van der Waals surface area contributed by atoms with Crippen LogP contribution in [0.15, 0.2) is 24.3 Å². The molecule has 0 aliphatic heterocycles. The predicted octanol–water partition coefficient (Wildman–Crippen LogP) is 3.34.